The van der Waals surface area contributed by atoms with E-state index in [1.165, 1.54) is 12.1 Å². The molecule has 1 heterocycles. The molecule has 0 atom stereocenters. The SMILES string of the molecule is Cl.Nc1cc2c(cc1S(N)(=O)=O)OCCO2. The Hall–Kier alpha value is -1.18. The van der Waals surface area contributed by atoms with Crippen LogP contribution in [-0.2, 0) is 10.0 Å². The number of fused-ring (bicyclic) bond motifs is 1. The first kappa shape index (κ1) is 12.9. The number of rotatable bonds is 1. The van der Waals surface area contributed by atoms with Crippen molar-refractivity contribution >= 4 is 28.1 Å². The lowest BCUT2D eigenvalue weighted by Crippen LogP contribution is -2.18. The van der Waals surface area contributed by atoms with E-state index in [1.54, 1.807) is 0 Å². The van der Waals surface area contributed by atoms with E-state index in [4.69, 9.17) is 20.3 Å². The number of anilines is 1. The normalized spacial score (nSPS) is 14.1. The molecule has 0 aliphatic carbocycles. The molecule has 0 spiro atoms. The van der Waals surface area contributed by atoms with Crippen molar-refractivity contribution in [2.75, 3.05) is 18.9 Å². The van der Waals surface area contributed by atoms with Gasteiger partial charge in [-0.05, 0) is 0 Å². The predicted molar refractivity (Wildman–Crippen MR) is 60.5 cm³/mol. The van der Waals surface area contributed by atoms with Crippen LogP contribution in [0.25, 0.3) is 0 Å². The standard InChI is InChI=1S/C8H10N2O4S.ClH/c9-5-3-6-7(14-2-1-13-6)4-8(5)15(10,11)12;/h3-4H,1-2,9H2,(H2,10,11,12);1H. The smallest absolute Gasteiger partial charge is 0.240 e. The molecule has 0 radical (unpaired) electrons. The third-order valence-electron chi connectivity index (χ3n) is 1.98. The molecule has 0 bridgehead atoms. The van der Waals surface area contributed by atoms with Gasteiger partial charge in [0.25, 0.3) is 0 Å². The van der Waals surface area contributed by atoms with Crippen molar-refractivity contribution in [2.45, 2.75) is 4.90 Å². The molecular formula is C8H11ClN2O4S. The van der Waals surface area contributed by atoms with Gasteiger partial charge in [0, 0.05) is 12.1 Å². The summed E-state index contributed by atoms with van der Waals surface area (Å²) in [6.45, 7) is 0.794. The molecule has 0 fully saturated rings. The van der Waals surface area contributed by atoms with Crippen LogP contribution in [-0.4, -0.2) is 21.6 Å². The van der Waals surface area contributed by atoms with Gasteiger partial charge in [0.1, 0.15) is 18.1 Å². The molecule has 8 heteroatoms. The Balaban J connectivity index is 0.00000128. The number of halogens is 1. The molecule has 0 unspecified atom stereocenters. The summed E-state index contributed by atoms with van der Waals surface area (Å²) in [7, 11) is -3.83. The van der Waals surface area contributed by atoms with Crippen molar-refractivity contribution in [1.29, 1.82) is 0 Å². The molecule has 1 aliphatic heterocycles. The highest BCUT2D eigenvalue weighted by molar-refractivity contribution is 7.89. The molecular weight excluding hydrogens is 256 g/mol. The summed E-state index contributed by atoms with van der Waals surface area (Å²) >= 11 is 0. The minimum atomic E-state index is -3.83. The van der Waals surface area contributed by atoms with E-state index in [0.29, 0.717) is 24.7 Å². The average Bonchev–Trinajstić information content (AvgIpc) is 2.15. The molecule has 1 aliphatic rings. The second-order valence-electron chi connectivity index (χ2n) is 3.08. The second-order valence-corrected chi connectivity index (χ2v) is 4.61. The van der Waals surface area contributed by atoms with Gasteiger partial charge >= 0.3 is 0 Å². The summed E-state index contributed by atoms with van der Waals surface area (Å²) in [4.78, 5) is -0.147. The zero-order valence-corrected chi connectivity index (χ0v) is 9.81. The van der Waals surface area contributed by atoms with Crippen LogP contribution in [0.5, 0.6) is 11.5 Å². The maximum atomic E-state index is 11.1. The van der Waals surface area contributed by atoms with Gasteiger partial charge in [0.15, 0.2) is 11.5 Å². The Labute approximate surface area is 99.0 Å². The Morgan fingerprint density at radius 2 is 1.62 bits per heavy atom. The van der Waals surface area contributed by atoms with Gasteiger partial charge < -0.3 is 15.2 Å². The minimum absolute atomic E-state index is 0. The summed E-state index contributed by atoms with van der Waals surface area (Å²) in [5.74, 6) is 0.783. The summed E-state index contributed by atoms with van der Waals surface area (Å²) < 4.78 is 32.7. The zero-order chi connectivity index (χ0) is 11.1. The van der Waals surface area contributed by atoms with Gasteiger partial charge in [-0.15, -0.1) is 12.4 Å². The van der Waals surface area contributed by atoms with Crippen LogP contribution >= 0.6 is 12.4 Å². The molecule has 4 N–H and O–H groups in total. The fourth-order valence-corrected chi connectivity index (χ4v) is 1.99. The van der Waals surface area contributed by atoms with Crippen LogP contribution in [0.1, 0.15) is 0 Å². The van der Waals surface area contributed by atoms with E-state index in [9.17, 15) is 8.42 Å². The fourth-order valence-electron chi connectivity index (χ4n) is 1.33. The summed E-state index contributed by atoms with van der Waals surface area (Å²) in [5.41, 5.74) is 5.59. The molecule has 0 aromatic heterocycles. The lowest BCUT2D eigenvalue weighted by atomic mass is 10.2. The average molecular weight is 267 g/mol. The monoisotopic (exact) mass is 266 g/mol. The number of hydrogen-bond acceptors (Lipinski definition) is 5. The van der Waals surface area contributed by atoms with Crippen LogP contribution in [0.4, 0.5) is 5.69 Å². The fraction of sp³-hybridized carbons (Fsp3) is 0.250. The van der Waals surface area contributed by atoms with Gasteiger partial charge in [-0.25, -0.2) is 13.6 Å². The lowest BCUT2D eigenvalue weighted by molar-refractivity contribution is 0.171. The summed E-state index contributed by atoms with van der Waals surface area (Å²) in [5, 5.41) is 4.99. The van der Waals surface area contributed by atoms with Crippen LogP contribution in [0.3, 0.4) is 0 Å². The summed E-state index contributed by atoms with van der Waals surface area (Å²) in [6, 6.07) is 2.67. The summed E-state index contributed by atoms with van der Waals surface area (Å²) in [6.07, 6.45) is 0. The number of ether oxygens (including phenoxy) is 2. The molecule has 90 valence electrons. The van der Waals surface area contributed by atoms with Gasteiger partial charge in [0.2, 0.25) is 10.0 Å². The number of primary sulfonamides is 1. The minimum Gasteiger partial charge on any atom is -0.486 e. The number of hydrogen-bond donors (Lipinski definition) is 2. The van der Waals surface area contributed by atoms with Crippen molar-refractivity contribution in [3.05, 3.63) is 12.1 Å². The Morgan fingerprint density at radius 1 is 1.12 bits per heavy atom. The topological polar surface area (TPSA) is 105 Å². The first-order valence-corrected chi connectivity index (χ1v) is 5.75. The Kier molecular flexibility index (Phi) is 3.51. The van der Waals surface area contributed by atoms with Crippen LogP contribution in [0.15, 0.2) is 17.0 Å². The zero-order valence-electron chi connectivity index (χ0n) is 8.17. The van der Waals surface area contributed by atoms with Crippen molar-refractivity contribution in [1.82, 2.24) is 0 Å². The molecule has 1 aromatic carbocycles. The van der Waals surface area contributed by atoms with E-state index >= 15 is 0 Å². The molecule has 0 amide bonds. The molecule has 2 rings (SSSR count). The first-order chi connectivity index (χ1) is 6.98. The predicted octanol–water partition coefficient (Wildman–Crippen LogP) is 0.109. The third kappa shape index (κ3) is 2.31. The highest BCUT2D eigenvalue weighted by Gasteiger charge is 2.19. The lowest BCUT2D eigenvalue weighted by Gasteiger charge is -2.19. The molecule has 16 heavy (non-hydrogen) atoms. The third-order valence-corrected chi connectivity index (χ3v) is 2.95. The van der Waals surface area contributed by atoms with E-state index < -0.39 is 10.0 Å². The molecule has 6 nitrogen and oxygen atoms in total. The number of benzene rings is 1. The van der Waals surface area contributed by atoms with E-state index in [-0.39, 0.29) is 23.0 Å². The van der Waals surface area contributed by atoms with E-state index in [2.05, 4.69) is 0 Å². The highest BCUT2D eigenvalue weighted by Crippen LogP contribution is 2.35. The van der Waals surface area contributed by atoms with Crippen molar-refractivity contribution in [3.8, 4) is 11.5 Å². The van der Waals surface area contributed by atoms with Gasteiger partial charge in [-0.1, -0.05) is 0 Å². The number of nitrogens with two attached hydrogens (primary N) is 2. The van der Waals surface area contributed by atoms with Crippen LogP contribution < -0.4 is 20.3 Å². The van der Waals surface area contributed by atoms with Gasteiger partial charge in [-0.2, -0.15) is 0 Å². The van der Waals surface area contributed by atoms with Crippen molar-refractivity contribution < 1.29 is 17.9 Å². The quantitative estimate of drug-likeness (QED) is 0.702. The van der Waals surface area contributed by atoms with Crippen molar-refractivity contribution in [3.63, 3.8) is 0 Å². The molecule has 1 aromatic rings. The van der Waals surface area contributed by atoms with Gasteiger partial charge in [0.05, 0.1) is 5.69 Å². The Bertz CT molecular complexity index is 503. The number of nitrogen functional groups attached to an aromatic ring is 1. The maximum Gasteiger partial charge on any atom is 0.240 e. The maximum absolute atomic E-state index is 11.1. The second kappa shape index (κ2) is 4.36. The van der Waals surface area contributed by atoms with Crippen molar-refractivity contribution in [2.24, 2.45) is 5.14 Å². The Morgan fingerprint density at radius 3 is 2.12 bits per heavy atom. The highest BCUT2D eigenvalue weighted by atomic mass is 35.5. The molecule has 0 saturated heterocycles. The first-order valence-electron chi connectivity index (χ1n) is 4.20. The van der Waals surface area contributed by atoms with Crippen LogP contribution in [0.2, 0.25) is 0 Å². The molecule has 0 saturated carbocycles. The van der Waals surface area contributed by atoms with E-state index in [1.807, 2.05) is 0 Å². The van der Waals surface area contributed by atoms with Gasteiger partial charge in [-0.3, -0.25) is 0 Å². The van der Waals surface area contributed by atoms with E-state index in [0.717, 1.165) is 0 Å². The van der Waals surface area contributed by atoms with Crippen LogP contribution in [0, 0.1) is 0 Å². The number of sulfonamides is 1. The largest absolute Gasteiger partial charge is 0.486 e.